The normalized spacial score (nSPS) is 17.4. The molecular formula is C21H26N4O2. The van der Waals surface area contributed by atoms with E-state index in [1.54, 1.807) is 7.11 Å². The molecule has 2 aliphatic rings. The predicted octanol–water partition coefficient (Wildman–Crippen LogP) is 2.08. The van der Waals surface area contributed by atoms with Crippen LogP contribution in [0.4, 0.5) is 0 Å². The Kier molecular flexibility index (Phi) is 5.34. The Morgan fingerprint density at radius 1 is 1.26 bits per heavy atom. The maximum absolute atomic E-state index is 12.7. The first-order chi connectivity index (χ1) is 13.2. The average Bonchev–Trinajstić information content (AvgIpc) is 2.74. The Labute approximate surface area is 160 Å². The number of nitrogens with zero attached hydrogens (tertiary/aromatic N) is 3. The Morgan fingerprint density at radius 2 is 2.04 bits per heavy atom. The molecule has 27 heavy (non-hydrogen) atoms. The third-order valence-electron chi connectivity index (χ3n) is 5.52. The number of methoxy groups -OCH3 is 1. The first-order valence-electron chi connectivity index (χ1n) is 9.69. The van der Waals surface area contributed by atoms with Gasteiger partial charge in [0, 0.05) is 37.2 Å². The first-order valence-corrected chi connectivity index (χ1v) is 9.69. The summed E-state index contributed by atoms with van der Waals surface area (Å²) in [6.07, 6.45) is 5.36. The second-order valence-corrected chi connectivity index (χ2v) is 7.31. The molecule has 0 radical (unpaired) electrons. The summed E-state index contributed by atoms with van der Waals surface area (Å²) in [5.74, 6) is 2.40. The monoisotopic (exact) mass is 366 g/mol. The number of ether oxygens (including phenoxy) is 1. The second-order valence-electron chi connectivity index (χ2n) is 7.31. The molecule has 3 heterocycles. The number of carbonyl (C=O) groups excluding carboxylic acids is 1. The highest BCUT2D eigenvalue weighted by atomic mass is 16.5. The highest BCUT2D eigenvalue weighted by Gasteiger charge is 2.24. The Bertz CT molecular complexity index is 800. The Hall–Kier alpha value is -2.47. The zero-order valence-electron chi connectivity index (χ0n) is 15.8. The quantitative estimate of drug-likeness (QED) is 0.897. The largest absolute Gasteiger partial charge is 0.497 e. The topological polar surface area (TPSA) is 67.3 Å². The minimum atomic E-state index is 0.147. The van der Waals surface area contributed by atoms with Crippen molar-refractivity contribution in [3.05, 3.63) is 53.1 Å². The molecule has 2 aliphatic heterocycles. The summed E-state index contributed by atoms with van der Waals surface area (Å²) >= 11 is 0. The summed E-state index contributed by atoms with van der Waals surface area (Å²) in [6.45, 7) is 3.42. The van der Waals surface area contributed by atoms with Crippen LogP contribution in [-0.4, -0.2) is 47.5 Å². The van der Waals surface area contributed by atoms with Gasteiger partial charge in [0.05, 0.1) is 19.2 Å². The maximum Gasteiger partial charge on any atom is 0.227 e. The molecule has 1 aromatic carbocycles. The Morgan fingerprint density at radius 3 is 2.78 bits per heavy atom. The van der Waals surface area contributed by atoms with Crippen molar-refractivity contribution in [3.63, 3.8) is 0 Å². The Balaban J connectivity index is 1.40. The second kappa shape index (κ2) is 8.05. The molecule has 1 fully saturated rings. The molecule has 1 aromatic heterocycles. The van der Waals surface area contributed by atoms with E-state index in [-0.39, 0.29) is 5.91 Å². The molecular weight excluding hydrogens is 340 g/mol. The van der Waals surface area contributed by atoms with Crippen LogP contribution < -0.4 is 10.1 Å². The highest BCUT2D eigenvalue weighted by molar-refractivity contribution is 5.79. The van der Waals surface area contributed by atoms with Crippen LogP contribution in [0.15, 0.2) is 30.5 Å². The molecule has 142 valence electrons. The molecule has 6 heteroatoms. The van der Waals surface area contributed by atoms with Crippen LogP contribution in [0.25, 0.3) is 0 Å². The minimum Gasteiger partial charge on any atom is -0.497 e. The van der Waals surface area contributed by atoms with Gasteiger partial charge < -0.3 is 15.0 Å². The summed E-state index contributed by atoms with van der Waals surface area (Å²) < 4.78 is 5.17. The van der Waals surface area contributed by atoms with Crippen LogP contribution in [0.5, 0.6) is 5.75 Å². The van der Waals surface area contributed by atoms with E-state index in [9.17, 15) is 4.79 Å². The number of aromatic nitrogens is 2. The number of rotatable bonds is 4. The molecule has 0 unspecified atom stereocenters. The molecule has 6 nitrogen and oxygen atoms in total. The van der Waals surface area contributed by atoms with Crippen LogP contribution >= 0.6 is 0 Å². The zero-order chi connectivity index (χ0) is 18.6. The highest BCUT2D eigenvalue weighted by Crippen LogP contribution is 2.25. The van der Waals surface area contributed by atoms with Crippen LogP contribution in [0, 0.1) is 0 Å². The molecule has 2 aromatic rings. The molecule has 1 saturated heterocycles. The number of hydrogen-bond acceptors (Lipinski definition) is 5. The van der Waals surface area contributed by atoms with Crippen molar-refractivity contribution < 1.29 is 9.53 Å². The molecule has 1 N–H and O–H groups in total. The SMILES string of the molecule is COc1ccc(CC(=O)N2CCc3nc(C4CCNCC4)ncc3C2)cc1. The lowest BCUT2D eigenvalue weighted by Gasteiger charge is -2.29. The lowest BCUT2D eigenvalue weighted by molar-refractivity contribution is -0.131. The van der Waals surface area contributed by atoms with E-state index in [1.807, 2.05) is 35.4 Å². The van der Waals surface area contributed by atoms with Crippen molar-refractivity contribution in [2.24, 2.45) is 0 Å². The lowest BCUT2D eigenvalue weighted by atomic mass is 9.96. The third kappa shape index (κ3) is 4.11. The summed E-state index contributed by atoms with van der Waals surface area (Å²) in [4.78, 5) is 24.1. The summed E-state index contributed by atoms with van der Waals surface area (Å²) in [6, 6.07) is 7.68. The fourth-order valence-electron chi connectivity index (χ4n) is 3.85. The third-order valence-corrected chi connectivity index (χ3v) is 5.52. The molecule has 0 aliphatic carbocycles. The number of carbonyl (C=O) groups is 1. The van der Waals surface area contributed by atoms with E-state index < -0.39 is 0 Å². The van der Waals surface area contributed by atoms with E-state index in [0.717, 1.165) is 67.3 Å². The van der Waals surface area contributed by atoms with Crippen molar-refractivity contribution in [1.82, 2.24) is 20.2 Å². The number of amides is 1. The standard InChI is InChI=1S/C21H26N4O2/c1-27-18-4-2-15(3-5-18)12-20(26)25-11-8-19-17(14-25)13-23-21(24-19)16-6-9-22-10-7-16/h2-5,13,16,22H,6-12,14H2,1H3. The molecule has 1 amide bonds. The molecule has 0 atom stereocenters. The van der Waals surface area contributed by atoms with Gasteiger partial charge in [-0.1, -0.05) is 12.1 Å². The van der Waals surface area contributed by atoms with Crippen molar-refractivity contribution >= 4 is 5.91 Å². The van der Waals surface area contributed by atoms with Gasteiger partial charge in [0.1, 0.15) is 11.6 Å². The van der Waals surface area contributed by atoms with E-state index in [0.29, 0.717) is 18.9 Å². The number of piperidine rings is 1. The lowest BCUT2D eigenvalue weighted by Crippen LogP contribution is -2.37. The summed E-state index contributed by atoms with van der Waals surface area (Å²) in [5, 5.41) is 3.38. The van der Waals surface area contributed by atoms with Gasteiger partial charge in [-0.25, -0.2) is 9.97 Å². The van der Waals surface area contributed by atoms with Crippen molar-refractivity contribution in [1.29, 1.82) is 0 Å². The van der Waals surface area contributed by atoms with Gasteiger partial charge in [0.15, 0.2) is 0 Å². The average molecular weight is 366 g/mol. The van der Waals surface area contributed by atoms with Gasteiger partial charge in [-0.2, -0.15) is 0 Å². The minimum absolute atomic E-state index is 0.147. The van der Waals surface area contributed by atoms with E-state index in [1.165, 1.54) is 0 Å². The van der Waals surface area contributed by atoms with Gasteiger partial charge in [0.25, 0.3) is 0 Å². The number of fused-ring (bicyclic) bond motifs is 1. The number of hydrogen-bond donors (Lipinski definition) is 1. The molecule has 0 saturated carbocycles. The van der Waals surface area contributed by atoms with E-state index in [2.05, 4.69) is 10.3 Å². The van der Waals surface area contributed by atoms with Crippen molar-refractivity contribution in [2.75, 3.05) is 26.7 Å². The van der Waals surface area contributed by atoms with Crippen LogP contribution in [0.2, 0.25) is 0 Å². The van der Waals surface area contributed by atoms with Crippen LogP contribution in [0.3, 0.4) is 0 Å². The van der Waals surface area contributed by atoms with Gasteiger partial charge in [0.2, 0.25) is 5.91 Å². The van der Waals surface area contributed by atoms with Crippen molar-refractivity contribution in [2.45, 2.75) is 38.1 Å². The fourth-order valence-corrected chi connectivity index (χ4v) is 3.85. The molecule has 4 rings (SSSR count). The van der Waals surface area contributed by atoms with E-state index in [4.69, 9.17) is 9.72 Å². The zero-order valence-corrected chi connectivity index (χ0v) is 15.8. The smallest absolute Gasteiger partial charge is 0.227 e. The maximum atomic E-state index is 12.7. The van der Waals surface area contributed by atoms with Gasteiger partial charge in [-0.15, -0.1) is 0 Å². The molecule has 0 bridgehead atoms. The number of nitrogens with one attached hydrogen (secondary N) is 1. The first kappa shape index (κ1) is 17.9. The predicted molar refractivity (Wildman–Crippen MR) is 103 cm³/mol. The fraction of sp³-hybridized carbons (Fsp3) is 0.476. The van der Waals surface area contributed by atoms with Gasteiger partial charge >= 0.3 is 0 Å². The van der Waals surface area contributed by atoms with E-state index >= 15 is 0 Å². The van der Waals surface area contributed by atoms with Gasteiger partial charge in [-0.3, -0.25) is 4.79 Å². The molecule has 0 spiro atoms. The van der Waals surface area contributed by atoms with Crippen LogP contribution in [0.1, 0.15) is 41.4 Å². The summed E-state index contributed by atoms with van der Waals surface area (Å²) in [7, 11) is 1.64. The van der Waals surface area contributed by atoms with Gasteiger partial charge in [-0.05, 0) is 43.6 Å². The summed E-state index contributed by atoms with van der Waals surface area (Å²) in [5.41, 5.74) is 3.21. The van der Waals surface area contributed by atoms with Crippen LogP contribution in [-0.2, 0) is 24.2 Å². The number of benzene rings is 1. The van der Waals surface area contributed by atoms with Crippen molar-refractivity contribution in [3.8, 4) is 5.75 Å².